The molecule has 0 unspecified atom stereocenters. The number of nitrogens with one attached hydrogen (secondary N) is 2. The summed E-state index contributed by atoms with van der Waals surface area (Å²) >= 11 is 0. The highest BCUT2D eigenvalue weighted by Gasteiger charge is 2.35. The summed E-state index contributed by atoms with van der Waals surface area (Å²) in [6, 6.07) is 10.4. The van der Waals surface area contributed by atoms with E-state index in [2.05, 4.69) is 10.6 Å². The summed E-state index contributed by atoms with van der Waals surface area (Å²) in [5.41, 5.74) is 1.70. The van der Waals surface area contributed by atoms with Crippen LogP contribution in [0.1, 0.15) is 37.8 Å². The predicted octanol–water partition coefficient (Wildman–Crippen LogP) is 2.47. The SMILES string of the molecule is COc1cc2ccc1CNC(=O)CCc1ccc(OC)c(c1)OCC(=O)N[C@@H]1CN(C(=O)C(C)C)CC[C@@H]1O2. The maximum absolute atomic E-state index is 13.0. The van der Waals surface area contributed by atoms with E-state index >= 15 is 0 Å². The van der Waals surface area contributed by atoms with Gasteiger partial charge in [0.2, 0.25) is 11.8 Å². The number of likely N-dealkylation sites (tertiary alicyclic amines) is 1. The lowest BCUT2D eigenvalue weighted by atomic mass is 10.00. The van der Waals surface area contributed by atoms with Gasteiger partial charge < -0.3 is 34.5 Å². The van der Waals surface area contributed by atoms with Crippen molar-refractivity contribution in [2.24, 2.45) is 5.92 Å². The molecule has 5 rings (SSSR count). The maximum atomic E-state index is 13.0. The van der Waals surface area contributed by atoms with Crippen molar-refractivity contribution in [3.05, 3.63) is 47.5 Å². The first kappa shape index (κ1) is 28.1. The molecule has 2 aromatic rings. The lowest BCUT2D eigenvalue weighted by molar-refractivity contribution is -0.138. The predicted molar refractivity (Wildman–Crippen MR) is 144 cm³/mol. The van der Waals surface area contributed by atoms with Gasteiger partial charge in [-0.1, -0.05) is 19.9 Å². The lowest BCUT2D eigenvalue weighted by Crippen LogP contribution is -2.59. The van der Waals surface area contributed by atoms with Crippen molar-refractivity contribution in [2.75, 3.05) is 33.9 Å². The van der Waals surface area contributed by atoms with Gasteiger partial charge in [-0.2, -0.15) is 0 Å². The molecular weight excluding hydrogens is 502 g/mol. The molecule has 1 fully saturated rings. The zero-order valence-electron chi connectivity index (χ0n) is 23.0. The van der Waals surface area contributed by atoms with E-state index in [1.807, 2.05) is 32.0 Å². The number of ether oxygens (including phenoxy) is 4. The number of benzene rings is 2. The van der Waals surface area contributed by atoms with Crippen LogP contribution in [-0.2, 0) is 27.3 Å². The number of amides is 3. The van der Waals surface area contributed by atoms with Crippen LogP contribution in [0.2, 0.25) is 0 Å². The monoisotopic (exact) mass is 539 g/mol. The Labute approximate surface area is 228 Å². The zero-order chi connectivity index (χ0) is 27.9. The van der Waals surface area contributed by atoms with E-state index < -0.39 is 6.04 Å². The first-order chi connectivity index (χ1) is 18.8. The van der Waals surface area contributed by atoms with Crippen molar-refractivity contribution in [3.8, 4) is 23.0 Å². The molecule has 3 aliphatic heterocycles. The third kappa shape index (κ3) is 7.13. The van der Waals surface area contributed by atoms with E-state index in [0.717, 1.165) is 11.1 Å². The van der Waals surface area contributed by atoms with Gasteiger partial charge in [0.25, 0.3) is 5.91 Å². The Balaban J connectivity index is 1.62. The van der Waals surface area contributed by atoms with E-state index in [-0.39, 0.29) is 42.8 Å². The van der Waals surface area contributed by atoms with Crippen molar-refractivity contribution < 1.29 is 33.3 Å². The molecule has 0 saturated carbocycles. The molecule has 0 aromatic heterocycles. The van der Waals surface area contributed by atoms with Crippen LogP contribution in [-0.4, -0.2) is 68.7 Å². The van der Waals surface area contributed by atoms with Crippen molar-refractivity contribution in [1.82, 2.24) is 15.5 Å². The van der Waals surface area contributed by atoms with Gasteiger partial charge in [0.05, 0.1) is 20.3 Å². The molecule has 39 heavy (non-hydrogen) atoms. The van der Waals surface area contributed by atoms with Gasteiger partial charge in [-0.3, -0.25) is 14.4 Å². The molecule has 3 amide bonds. The highest BCUT2D eigenvalue weighted by Crippen LogP contribution is 2.30. The van der Waals surface area contributed by atoms with E-state index in [0.29, 0.717) is 55.5 Å². The largest absolute Gasteiger partial charge is 0.496 e. The number of piperidine rings is 1. The normalized spacial score (nSPS) is 20.3. The molecule has 2 atom stereocenters. The second-order valence-electron chi connectivity index (χ2n) is 10.1. The second-order valence-corrected chi connectivity index (χ2v) is 10.1. The Bertz CT molecular complexity index is 1200. The molecular formula is C29H37N3O7. The van der Waals surface area contributed by atoms with Crippen LogP contribution in [0.15, 0.2) is 36.4 Å². The molecule has 3 aliphatic rings. The first-order valence-corrected chi connectivity index (χ1v) is 13.3. The number of hydrogen-bond donors (Lipinski definition) is 2. The number of fused-ring (bicyclic) bond motifs is 9. The molecule has 2 N–H and O–H groups in total. The molecule has 1 saturated heterocycles. The van der Waals surface area contributed by atoms with Crippen LogP contribution in [0, 0.1) is 5.92 Å². The molecule has 0 spiro atoms. The Hall–Kier alpha value is -3.95. The van der Waals surface area contributed by atoms with Crippen molar-refractivity contribution in [2.45, 2.75) is 51.8 Å². The Kier molecular flexibility index (Phi) is 9.16. The fourth-order valence-corrected chi connectivity index (χ4v) is 4.82. The maximum Gasteiger partial charge on any atom is 0.258 e. The summed E-state index contributed by atoms with van der Waals surface area (Å²) in [5, 5.41) is 5.96. The van der Waals surface area contributed by atoms with Crippen LogP contribution >= 0.6 is 0 Å². The summed E-state index contributed by atoms with van der Waals surface area (Å²) in [7, 11) is 3.10. The van der Waals surface area contributed by atoms with Crippen molar-refractivity contribution in [1.29, 1.82) is 0 Å². The van der Waals surface area contributed by atoms with Gasteiger partial charge in [0.1, 0.15) is 17.6 Å². The van der Waals surface area contributed by atoms with Crippen LogP contribution in [0.25, 0.3) is 0 Å². The third-order valence-corrected chi connectivity index (χ3v) is 6.95. The van der Waals surface area contributed by atoms with E-state index in [4.69, 9.17) is 18.9 Å². The van der Waals surface area contributed by atoms with Crippen LogP contribution in [0.5, 0.6) is 23.0 Å². The smallest absolute Gasteiger partial charge is 0.258 e. The minimum Gasteiger partial charge on any atom is -0.496 e. The van der Waals surface area contributed by atoms with E-state index in [1.54, 1.807) is 30.2 Å². The summed E-state index contributed by atoms with van der Waals surface area (Å²) in [5.74, 6) is 1.51. The van der Waals surface area contributed by atoms with Crippen LogP contribution in [0.4, 0.5) is 0 Å². The number of hydrogen-bond acceptors (Lipinski definition) is 7. The highest BCUT2D eigenvalue weighted by molar-refractivity contribution is 5.80. The number of carbonyl (C=O) groups excluding carboxylic acids is 3. The van der Waals surface area contributed by atoms with Gasteiger partial charge in [0, 0.05) is 50.0 Å². The first-order valence-electron chi connectivity index (χ1n) is 13.3. The number of rotatable bonds is 3. The Morgan fingerprint density at radius 1 is 1.03 bits per heavy atom. The molecule has 3 heterocycles. The summed E-state index contributed by atoms with van der Waals surface area (Å²) in [6.45, 7) is 4.64. The second kappa shape index (κ2) is 12.7. The summed E-state index contributed by atoms with van der Waals surface area (Å²) < 4.78 is 23.1. The van der Waals surface area contributed by atoms with Crippen molar-refractivity contribution >= 4 is 17.7 Å². The average molecular weight is 540 g/mol. The fraction of sp³-hybridized carbons (Fsp3) is 0.483. The summed E-state index contributed by atoms with van der Waals surface area (Å²) in [4.78, 5) is 40.1. The average Bonchev–Trinajstić information content (AvgIpc) is 2.94. The third-order valence-electron chi connectivity index (χ3n) is 6.95. The molecule has 10 nitrogen and oxygen atoms in total. The van der Waals surface area contributed by atoms with Gasteiger partial charge in [0.15, 0.2) is 18.1 Å². The van der Waals surface area contributed by atoms with Crippen LogP contribution < -0.4 is 29.6 Å². The van der Waals surface area contributed by atoms with E-state index in [1.165, 1.54) is 7.11 Å². The van der Waals surface area contributed by atoms with E-state index in [9.17, 15) is 14.4 Å². The standard InChI is InChI=1S/C29H37N3O7/c1-18(2)29(35)32-12-11-23-22(16-32)31-28(34)17-38-26-13-19(5-9-24(26)36-3)6-10-27(33)30-15-20-7-8-21(39-23)14-25(20)37-4/h5,7-9,13-14,18,22-23H,6,10-12,15-17H2,1-4H3,(H,30,33)(H,31,34)/t22-,23+/m1/s1. The molecule has 210 valence electrons. The Morgan fingerprint density at radius 3 is 2.56 bits per heavy atom. The molecule has 4 bridgehead atoms. The topological polar surface area (TPSA) is 115 Å². The van der Waals surface area contributed by atoms with Gasteiger partial charge in [-0.15, -0.1) is 0 Å². The molecule has 0 aliphatic carbocycles. The minimum absolute atomic E-state index is 0.0316. The van der Waals surface area contributed by atoms with Gasteiger partial charge in [-0.25, -0.2) is 0 Å². The summed E-state index contributed by atoms with van der Waals surface area (Å²) in [6.07, 6.45) is 0.942. The van der Waals surface area contributed by atoms with Crippen LogP contribution in [0.3, 0.4) is 0 Å². The number of nitrogens with zero attached hydrogens (tertiary/aromatic N) is 1. The Morgan fingerprint density at radius 2 is 1.82 bits per heavy atom. The zero-order valence-corrected chi connectivity index (χ0v) is 23.0. The van der Waals surface area contributed by atoms with Crippen molar-refractivity contribution in [3.63, 3.8) is 0 Å². The lowest BCUT2D eigenvalue weighted by Gasteiger charge is -2.39. The van der Waals surface area contributed by atoms with Gasteiger partial charge in [-0.05, 0) is 36.2 Å². The fourth-order valence-electron chi connectivity index (χ4n) is 4.82. The number of aryl methyl sites for hydroxylation is 1. The molecule has 10 heteroatoms. The number of methoxy groups -OCH3 is 2. The molecule has 0 radical (unpaired) electrons. The minimum atomic E-state index is -0.446. The molecule has 2 aromatic carbocycles. The quantitative estimate of drug-likeness (QED) is 0.616. The number of carbonyl (C=O) groups is 3. The van der Waals surface area contributed by atoms with Gasteiger partial charge >= 0.3 is 0 Å². The highest BCUT2D eigenvalue weighted by atomic mass is 16.5.